The SMILES string of the molecule is COc1ccc(OC)c(C(N)c2ccc(OC)nn2)c1. The van der Waals surface area contributed by atoms with E-state index in [0.29, 0.717) is 23.1 Å². The van der Waals surface area contributed by atoms with Crippen molar-refractivity contribution in [2.45, 2.75) is 6.04 Å². The second-order valence-electron chi connectivity index (χ2n) is 4.09. The summed E-state index contributed by atoms with van der Waals surface area (Å²) >= 11 is 0. The molecule has 1 heterocycles. The molecule has 0 radical (unpaired) electrons. The van der Waals surface area contributed by atoms with Crippen LogP contribution < -0.4 is 19.9 Å². The summed E-state index contributed by atoms with van der Waals surface area (Å²) < 4.78 is 15.5. The normalized spacial score (nSPS) is 11.8. The Morgan fingerprint density at radius 2 is 1.75 bits per heavy atom. The molecule has 0 aliphatic heterocycles. The van der Waals surface area contributed by atoms with E-state index in [4.69, 9.17) is 19.9 Å². The number of nitrogens with zero attached hydrogens (tertiary/aromatic N) is 2. The maximum absolute atomic E-state index is 6.23. The molecule has 1 aromatic heterocycles. The number of hydrogen-bond donors (Lipinski definition) is 1. The minimum Gasteiger partial charge on any atom is -0.497 e. The van der Waals surface area contributed by atoms with Gasteiger partial charge in [0.15, 0.2) is 0 Å². The quantitative estimate of drug-likeness (QED) is 0.891. The van der Waals surface area contributed by atoms with Crippen molar-refractivity contribution in [3.8, 4) is 17.4 Å². The molecule has 0 spiro atoms. The van der Waals surface area contributed by atoms with E-state index in [9.17, 15) is 0 Å². The largest absolute Gasteiger partial charge is 0.497 e. The van der Waals surface area contributed by atoms with Gasteiger partial charge in [0, 0.05) is 11.6 Å². The molecule has 2 rings (SSSR count). The molecule has 0 aliphatic carbocycles. The molecule has 0 amide bonds. The topological polar surface area (TPSA) is 79.5 Å². The van der Waals surface area contributed by atoms with Gasteiger partial charge in [-0.3, -0.25) is 0 Å². The van der Waals surface area contributed by atoms with E-state index in [1.54, 1.807) is 26.4 Å². The molecule has 0 saturated carbocycles. The summed E-state index contributed by atoms with van der Waals surface area (Å²) in [5, 5.41) is 7.98. The summed E-state index contributed by atoms with van der Waals surface area (Å²) in [6.07, 6.45) is 0. The molecule has 106 valence electrons. The van der Waals surface area contributed by atoms with Crippen LogP contribution in [0.4, 0.5) is 0 Å². The number of benzene rings is 1. The van der Waals surface area contributed by atoms with Crippen LogP contribution in [0.15, 0.2) is 30.3 Å². The van der Waals surface area contributed by atoms with Gasteiger partial charge in [-0.2, -0.15) is 0 Å². The Kier molecular flexibility index (Phi) is 4.37. The minimum absolute atomic E-state index is 0.443. The van der Waals surface area contributed by atoms with Gasteiger partial charge >= 0.3 is 0 Å². The van der Waals surface area contributed by atoms with E-state index in [1.807, 2.05) is 18.2 Å². The van der Waals surface area contributed by atoms with Crippen LogP contribution in [0.25, 0.3) is 0 Å². The summed E-state index contributed by atoms with van der Waals surface area (Å²) in [5.41, 5.74) is 7.64. The molecular formula is C14H17N3O3. The third-order valence-electron chi connectivity index (χ3n) is 2.96. The average Bonchev–Trinajstić information content (AvgIpc) is 2.53. The Hall–Kier alpha value is -2.34. The van der Waals surface area contributed by atoms with E-state index >= 15 is 0 Å². The standard InChI is InChI=1S/C14H17N3O3/c1-18-9-4-6-12(19-2)10(8-9)14(15)11-5-7-13(20-3)17-16-11/h4-8,14H,15H2,1-3H3. The lowest BCUT2D eigenvalue weighted by Crippen LogP contribution is -2.15. The van der Waals surface area contributed by atoms with Crippen LogP contribution in [0.3, 0.4) is 0 Å². The third kappa shape index (κ3) is 2.80. The van der Waals surface area contributed by atoms with Gasteiger partial charge in [-0.15, -0.1) is 10.2 Å². The Bertz CT molecular complexity index is 572. The van der Waals surface area contributed by atoms with Crippen molar-refractivity contribution < 1.29 is 14.2 Å². The Morgan fingerprint density at radius 3 is 2.30 bits per heavy atom. The van der Waals surface area contributed by atoms with Crippen molar-refractivity contribution in [2.75, 3.05) is 21.3 Å². The Labute approximate surface area is 117 Å². The van der Waals surface area contributed by atoms with E-state index < -0.39 is 6.04 Å². The van der Waals surface area contributed by atoms with Crippen molar-refractivity contribution >= 4 is 0 Å². The second-order valence-corrected chi connectivity index (χ2v) is 4.09. The van der Waals surface area contributed by atoms with Crippen molar-refractivity contribution in [1.29, 1.82) is 0 Å². The molecule has 1 atom stereocenters. The summed E-state index contributed by atoms with van der Waals surface area (Å²) in [4.78, 5) is 0. The Balaban J connectivity index is 2.37. The van der Waals surface area contributed by atoms with Gasteiger partial charge in [0.1, 0.15) is 11.5 Å². The highest BCUT2D eigenvalue weighted by Gasteiger charge is 2.17. The van der Waals surface area contributed by atoms with Crippen LogP contribution in [0.1, 0.15) is 17.3 Å². The van der Waals surface area contributed by atoms with Gasteiger partial charge in [0.05, 0.1) is 33.1 Å². The van der Waals surface area contributed by atoms with Crippen LogP contribution in [-0.4, -0.2) is 31.5 Å². The molecule has 0 bridgehead atoms. The molecule has 0 saturated heterocycles. The summed E-state index contributed by atoms with van der Waals surface area (Å²) in [7, 11) is 4.73. The van der Waals surface area contributed by atoms with Gasteiger partial charge in [-0.1, -0.05) is 0 Å². The molecule has 6 heteroatoms. The molecule has 2 aromatic rings. The van der Waals surface area contributed by atoms with Crippen LogP contribution in [0.2, 0.25) is 0 Å². The first-order valence-corrected chi connectivity index (χ1v) is 6.04. The first kappa shape index (κ1) is 14.1. The van der Waals surface area contributed by atoms with E-state index in [-0.39, 0.29) is 0 Å². The zero-order valence-electron chi connectivity index (χ0n) is 11.7. The van der Waals surface area contributed by atoms with Crippen molar-refractivity contribution in [3.63, 3.8) is 0 Å². The van der Waals surface area contributed by atoms with Gasteiger partial charge in [-0.05, 0) is 24.3 Å². The maximum atomic E-state index is 6.23. The van der Waals surface area contributed by atoms with Gasteiger partial charge in [-0.25, -0.2) is 0 Å². The number of hydrogen-bond acceptors (Lipinski definition) is 6. The average molecular weight is 275 g/mol. The molecule has 2 N–H and O–H groups in total. The lowest BCUT2D eigenvalue weighted by molar-refractivity contribution is 0.389. The fourth-order valence-corrected chi connectivity index (χ4v) is 1.85. The van der Waals surface area contributed by atoms with E-state index in [2.05, 4.69) is 10.2 Å². The molecule has 1 aromatic carbocycles. The van der Waals surface area contributed by atoms with E-state index in [1.165, 1.54) is 7.11 Å². The summed E-state index contributed by atoms with van der Waals surface area (Å²) in [6.45, 7) is 0. The smallest absolute Gasteiger partial charge is 0.233 e. The van der Waals surface area contributed by atoms with Crippen LogP contribution in [0.5, 0.6) is 17.4 Å². The van der Waals surface area contributed by atoms with Crippen LogP contribution in [-0.2, 0) is 0 Å². The first-order valence-electron chi connectivity index (χ1n) is 6.04. The molecule has 1 unspecified atom stereocenters. The number of nitrogens with two attached hydrogens (primary N) is 1. The van der Waals surface area contributed by atoms with Gasteiger partial charge in [0.25, 0.3) is 0 Å². The second kappa shape index (κ2) is 6.21. The predicted molar refractivity (Wildman–Crippen MR) is 74.2 cm³/mol. The highest BCUT2D eigenvalue weighted by Crippen LogP contribution is 2.31. The van der Waals surface area contributed by atoms with Gasteiger partial charge in [0.2, 0.25) is 5.88 Å². The van der Waals surface area contributed by atoms with Crippen molar-refractivity contribution in [1.82, 2.24) is 10.2 Å². The lowest BCUT2D eigenvalue weighted by Gasteiger charge is -2.16. The minimum atomic E-state index is -0.460. The number of ether oxygens (including phenoxy) is 3. The summed E-state index contributed by atoms with van der Waals surface area (Å²) in [5.74, 6) is 1.83. The fourth-order valence-electron chi connectivity index (χ4n) is 1.85. The van der Waals surface area contributed by atoms with Crippen molar-refractivity contribution in [3.05, 3.63) is 41.6 Å². The third-order valence-corrected chi connectivity index (χ3v) is 2.96. The van der Waals surface area contributed by atoms with Crippen LogP contribution >= 0.6 is 0 Å². The van der Waals surface area contributed by atoms with Crippen LogP contribution in [0, 0.1) is 0 Å². The zero-order chi connectivity index (χ0) is 14.5. The monoisotopic (exact) mass is 275 g/mol. The van der Waals surface area contributed by atoms with E-state index in [0.717, 1.165) is 5.56 Å². The molecule has 0 fully saturated rings. The maximum Gasteiger partial charge on any atom is 0.233 e. The fraction of sp³-hybridized carbons (Fsp3) is 0.286. The van der Waals surface area contributed by atoms with Gasteiger partial charge < -0.3 is 19.9 Å². The molecule has 6 nitrogen and oxygen atoms in total. The molecule has 0 aliphatic rings. The first-order chi connectivity index (χ1) is 9.69. The molecule has 20 heavy (non-hydrogen) atoms. The van der Waals surface area contributed by atoms with Crippen molar-refractivity contribution in [2.24, 2.45) is 5.73 Å². The number of methoxy groups -OCH3 is 3. The molecular weight excluding hydrogens is 258 g/mol. The lowest BCUT2D eigenvalue weighted by atomic mass is 10.0. The zero-order valence-corrected chi connectivity index (χ0v) is 11.7. The number of aromatic nitrogens is 2. The Morgan fingerprint density at radius 1 is 0.950 bits per heavy atom. The number of rotatable bonds is 5. The highest BCUT2D eigenvalue weighted by molar-refractivity contribution is 5.44. The predicted octanol–water partition coefficient (Wildman–Crippen LogP) is 1.55. The highest BCUT2D eigenvalue weighted by atomic mass is 16.5. The summed E-state index contributed by atoms with van der Waals surface area (Å²) in [6, 6.07) is 8.48.